The molecular formula is C30H39N3O5. The number of likely N-dealkylation sites (tertiary alicyclic amines) is 1. The molecule has 0 radical (unpaired) electrons. The number of amides is 3. The lowest BCUT2D eigenvalue weighted by atomic mass is 9.77. The monoisotopic (exact) mass is 521 g/mol. The Kier molecular flexibility index (Phi) is 7.22. The first kappa shape index (κ1) is 26.6. The molecule has 2 fully saturated rings. The fraction of sp³-hybridized carbons (Fsp3) is 0.567. The number of rotatable bonds is 7. The van der Waals surface area contributed by atoms with Crippen LogP contribution < -0.4 is 4.90 Å². The molecule has 2 unspecified atom stereocenters. The van der Waals surface area contributed by atoms with E-state index in [-0.39, 0.29) is 36.3 Å². The molecule has 4 aliphatic rings. The van der Waals surface area contributed by atoms with Gasteiger partial charge in [0, 0.05) is 24.8 Å². The summed E-state index contributed by atoms with van der Waals surface area (Å²) in [5, 5.41) is 10.4. The molecule has 4 aliphatic heterocycles. The van der Waals surface area contributed by atoms with E-state index in [0.29, 0.717) is 13.1 Å². The molecule has 1 aromatic carbocycles. The van der Waals surface area contributed by atoms with Gasteiger partial charge in [-0.2, -0.15) is 0 Å². The van der Waals surface area contributed by atoms with Crippen molar-refractivity contribution in [2.75, 3.05) is 24.6 Å². The molecule has 204 valence electrons. The third-order valence-corrected chi connectivity index (χ3v) is 8.75. The number of fused-ring (bicyclic) bond motifs is 2. The highest BCUT2D eigenvalue weighted by Gasteiger charge is 2.72. The lowest BCUT2D eigenvalue weighted by Crippen LogP contribution is -2.60. The Hall–Kier alpha value is -2.97. The number of aliphatic hydroxyl groups is 1. The number of aliphatic hydroxyl groups excluding tert-OH is 1. The van der Waals surface area contributed by atoms with E-state index in [1.54, 1.807) is 9.80 Å². The van der Waals surface area contributed by atoms with E-state index < -0.39 is 35.6 Å². The van der Waals surface area contributed by atoms with Crippen molar-refractivity contribution < 1.29 is 24.2 Å². The minimum absolute atomic E-state index is 0.0168. The lowest BCUT2D eigenvalue weighted by Gasteiger charge is -2.41. The molecule has 3 amide bonds. The number of para-hydroxylation sites is 1. The van der Waals surface area contributed by atoms with Crippen molar-refractivity contribution in [2.45, 2.75) is 70.4 Å². The van der Waals surface area contributed by atoms with Gasteiger partial charge in [0.25, 0.3) is 0 Å². The van der Waals surface area contributed by atoms with Crippen LogP contribution in [0.2, 0.25) is 0 Å². The molecule has 1 spiro atoms. The highest BCUT2D eigenvalue weighted by atomic mass is 16.5. The van der Waals surface area contributed by atoms with Gasteiger partial charge in [0.2, 0.25) is 17.7 Å². The maximum absolute atomic E-state index is 14.4. The van der Waals surface area contributed by atoms with Gasteiger partial charge in [-0.1, -0.05) is 69.7 Å². The Balaban J connectivity index is 1.63. The molecule has 5 rings (SSSR count). The number of hydrogen-bond donors (Lipinski definition) is 1. The molecule has 38 heavy (non-hydrogen) atoms. The van der Waals surface area contributed by atoms with Gasteiger partial charge >= 0.3 is 0 Å². The van der Waals surface area contributed by atoms with Gasteiger partial charge in [-0.3, -0.25) is 14.4 Å². The zero-order valence-corrected chi connectivity index (χ0v) is 22.7. The Morgan fingerprint density at radius 3 is 2.42 bits per heavy atom. The van der Waals surface area contributed by atoms with E-state index in [1.165, 1.54) is 0 Å². The molecule has 7 atom stereocenters. The van der Waals surface area contributed by atoms with Gasteiger partial charge in [0.05, 0.1) is 30.6 Å². The number of ether oxygens (including phenoxy) is 1. The molecule has 8 heteroatoms. The minimum Gasteiger partial charge on any atom is -0.394 e. The van der Waals surface area contributed by atoms with E-state index in [1.807, 2.05) is 80.3 Å². The van der Waals surface area contributed by atoms with Gasteiger partial charge in [-0.15, -0.1) is 0 Å². The summed E-state index contributed by atoms with van der Waals surface area (Å²) >= 11 is 0. The fourth-order valence-corrected chi connectivity index (χ4v) is 6.88. The first-order valence-corrected chi connectivity index (χ1v) is 13.9. The van der Waals surface area contributed by atoms with E-state index >= 15 is 0 Å². The largest absolute Gasteiger partial charge is 0.394 e. The molecule has 0 aliphatic carbocycles. The maximum Gasteiger partial charge on any atom is 0.249 e. The molecule has 2 saturated heterocycles. The van der Waals surface area contributed by atoms with Crippen LogP contribution >= 0.6 is 0 Å². The number of hydrogen-bond acceptors (Lipinski definition) is 5. The zero-order valence-electron chi connectivity index (χ0n) is 22.7. The zero-order chi connectivity index (χ0) is 27.2. The van der Waals surface area contributed by atoms with Gasteiger partial charge in [-0.05, 0) is 31.4 Å². The minimum atomic E-state index is -1.29. The van der Waals surface area contributed by atoms with Crippen molar-refractivity contribution in [3.05, 3.63) is 54.6 Å². The summed E-state index contributed by atoms with van der Waals surface area (Å²) in [6, 6.07) is 7.89. The van der Waals surface area contributed by atoms with Crippen LogP contribution in [0.3, 0.4) is 0 Å². The predicted molar refractivity (Wildman–Crippen MR) is 144 cm³/mol. The number of carbonyl (C=O) groups is 3. The molecule has 4 heterocycles. The Bertz CT molecular complexity index is 1130. The lowest BCUT2D eigenvalue weighted by molar-refractivity contribution is -0.152. The highest BCUT2D eigenvalue weighted by molar-refractivity contribution is 6.04. The van der Waals surface area contributed by atoms with Crippen LogP contribution in [0.15, 0.2) is 54.6 Å². The summed E-state index contributed by atoms with van der Waals surface area (Å²) in [4.78, 5) is 48.0. The fourth-order valence-electron chi connectivity index (χ4n) is 6.88. The summed E-state index contributed by atoms with van der Waals surface area (Å²) in [6.07, 6.45) is 8.71. The van der Waals surface area contributed by atoms with Gasteiger partial charge in [0.1, 0.15) is 11.6 Å². The average Bonchev–Trinajstić information content (AvgIpc) is 3.20. The summed E-state index contributed by atoms with van der Waals surface area (Å²) < 4.78 is 6.72. The van der Waals surface area contributed by atoms with Gasteiger partial charge < -0.3 is 24.5 Å². The van der Waals surface area contributed by atoms with Crippen molar-refractivity contribution >= 4 is 23.4 Å². The van der Waals surface area contributed by atoms with Crippen LogP contribution in [0.5, 0.6) is 0 Å². The van der Waals surface area contributed by atoms with Crippen molar-refractivity contribution in [2.24, 2.45) is 17.8 Å². The van der Waals surface area contributed by atoms with Crippen LogP contribution in [0, 0.1) is 17.8 Å². The second kappa shape index (κ2) is 10.3. The Labute approximate surface area is 224 Å². The van der Waals surface area contributed by atoms with Crippen LogP contribution in [-0.2, 0) is 19.1 Å². The summed E-state index contributed by atoms with van der Waals surface area (Å²) in [5.74, 6) is -2.41. The van der Waals surface area contributed by atoms with Gasteiger partial charge in [0.15, 0.2) is 0 Å². The molecule has 0 aromatic heterocycles. The van der Waals surface area contributed by atoms with Crippen LogP contribution in [0.1, 0.15) is 40.5 Å². The highest BCUT2D eigenvalue weighted by Crippen LogP contribution is 2.54. The predicted octanol–water partition coefficient (Wildman–Crippen LogP) is 2.77. The summed E-state index contributed by atoms with van der Waals surface area (Å²) in [7, 11) is 0. The second-order valence-corrected chi connectivity index (χ2v) is 11.3. The third-order valence-electron chi connectivity index (χ3n) is 8.75. The van der Waals surface area contributed by atoms with Crippen LogP contribution in [-0.4, -0.2) is 82.2 Å². The van der Waals surface area contributed by atoms with Crippen molar-refractivity contribution in [3.63, 3.8) is 0 Å². The van der Waals surface area contributed by atoms with E-state index in [9.17, 15) is 19.5 Å². The molecule has 1 aromatic rings. The first-order valence-electron chi connectivity index (χ1n) is 13.9. The molecule has 0 bridgehead atoms. The smallest absolute Gasteiger partial charge is 0.249 e. The third kappa shape index (κ3) is 4.00. The van der Waals surface area contributed by atoms with Crippen molar-refractivity contribution in [1.82, 2.24) is 9.80 Å². The summed E-state index contributed by atoms with van der Waals surface area (Å²) in [5.41, 5.74) is -0.531. The second-order valence-electron chi connectivity index (χ2n) is 11.3. The van der Waals surface area contributed by atoms with Crippen molar-refractivity contribution in [3.8, 4) is 0 Å². The maximum atomic E-state index is 14.4. The van der Waals surface area contributed by atoms with E-state index in [2.05, 4.69) is 6.92 Å². The van der Waals surface area contributed by atoms with Crippen molar-refractivity contribution in [1.29, 1.82) is 0 Å². The Morgan fingerprint density at radius 2 is 1.76 bits per heavy atom. The standard InChI is InChI=1S/C30H39N3O5/c1-5-11-20(4)31-17-10-15-30-25(28(36)33(26(30)29(31)37)22(18-34)19(2)3)24-23(38-30)14-9-16-32(27(24)35)21-12-7-6-8-13-21/h6-10,12-15,19-20,22-26,34H,5,11,16-18H2,1-4H3/t20?,22-,23+,24-,25-,26?,30-/m0/s1. The SMILES string of the molecule is CCCC(C)N1CC=C[C@]23O[C@@H]4C=CCN(c5ccccc5)C(=O)[C@@H]4[C@H]2C(=O)N([C@@H](CO)C(C)C)C3C1=O. The quantitative estimate of drug-likeness (QED) is 0.558. The molecule has 8 nitrogen and oxygen atoms in total. The molecular weight excluding hydrogens is 482 g/mol. The van der Waals surface area contributed by atoms with Crippen LogP contribution in [0.4, 0.5) is 5.69 Å². The number of benzene rings is 1. The number of nitrogens with zero attached hydrogens (tertiary/aromatic N) is 3. The average molecular weight is 522 g/mol. The van der Waals surface area contributed by atoms with E-state index in [4.69, 9.17) is 4.74 Å². The Morgan fingerprint density at radius 1 is 1.03 bits per heavy atom. The number of anilines is 1. The number of carbonyl (C=O) groups excluding carboxylic acids is 3. The van der Waals surface area contributed by atoms with E-state index in [0.717, 1.165) is 18.5 Å². The first-order chi connectivity index (χ1) is 18.3. The normalized spacial score (nSPS) is 32.3. The molecule has 1 N–H and O–H groups in total. The van der Waals surface area contributed by atoms with Gasteiger partial charge in [-0.25, -0.2) is 0 Å². The summed E-state index contributed by atoms with van der Waals surface area (Å²) in [6.45, 7) is 8.50. The topological polar surface area (TPSA) is 90.4 Å². The molecule has 0 saturated carbocycles. The van der Waals surface area contributed by atoms with Crippen LogP contribution in [0.25, 0.3) is 0 Å².